The molecule has 0 atom stereocenters. The van der Waals surface area contributed by atoms with Crippen LogP contribution in [0.4, 0.5) is 5.69 Å². The predicted molar refractivity (Wildman–Crippen MR) is 112 cm³/mol. The van der Waals surface area contributed by atoms with Crippen LogP contribution in [0.5, 0.6) is 0 Å². The lowest BCUT2D eigenvalue weighted by molar-refractivity contribution is -0.117. The summed E-state index contributed by atoms with van der Waals surface area (Å²) in [4.78, 5) is 25.2. The van der Waals surface area contributed by atoms with Crippen molar-refractivity contribution < 1.29 is 18.0 Å². The van der Waals surface area contributed by atoms with E-state index in [1.165, 1.54) is 18.2 Å². The van der Waals surface area contributed by atoms with Gasteiger partial charge in [0.2, 0.25) is 10.0 Å². The van der Waals surface area contributed by atoms with Gasteiger partial charge in [-0.3, -0.25) is 15.0 Å². The molecule has 0 spiro atoms. The number of nitrogens with one attached hydrogen (secondary N) is 1. The summed E-state index contributed by atoms with van der Waals surface area (Å²) in [5.41, 5.74) is 4.11. The molecule has 2 amide bonds. The van der Waals surface area contributed by atoms with Crippen molar-refractivity contribution in [2.24, 2.45) is 5.14 Å². The standard InChI is InChI=1S/C20H15ClN4O4S/c21-13-3-1-4-16(11-13)25-20(27)18(19(26)23-25)12-15-5-2-10-24(15)14-6-8-17(9-7-14)30(22,28)29/h1-12H,(H,23,26)(H2,22,28,29)/b18-12-. The number of carbonyl (C=O) groups excluding carboxylic acids is 2. The number of aromatic nitrogens is 1. The van der Waals surface area contributed by atoms with Gasteiger partial charge in [0, 0.05) is 22.6 Å². The molecule has 1 aliphatic heterocycles. The van der Waals surface area contributed by atoms with Gasteiger partial charge in [-0.05, 0) is 60.7 Å². The van der Waals surface area contributed by atoms with Crippen LogP contribution in [0.15, 0.2) is 77.3 Å². The van der Waals surface area contributed by atoms with E-state index in [0.717, 1.165) is 5.01 Å². The van der Waals surface area contributed by atoms with E-state index in [0.29, 0.717) is 22.1 Å². The van der Waals surface area contributed by atoms with Gasteiger partial charge in [-0.15, -0.1) is 0 Å². The highest BCUT2D eigenvalue weighted by atomic mass is 35.5. The number of amides is 2. The fourth-order valence-electron chi connectivity index (χ4n) is 3.05. The summed E-state index contributed by atoms with van der Waals surface area (Å²) < 4.78 is 24.6. The molecular formula is C20H15ClN4O4S. The molecule has 3 N–H and O–H groups in total. The molecule has 0 bridgehead atoms. The number of nitrogens with two attached hydrogens (primary N) is 1. The van der Waals surface area contributed by atoms with Crippen molar-refractivity contribution in [2.45, 2.75) is 4.90 Å². The molecule has 0 saturated carbocycles. The zero-order valence-corrected chi connectivity index (χ0v) is 16.9. The first-order chi connectivity index (χ1) is 14.2. The van der Waals surface area contributed by atoms with Crippen LogP contribution in [0.1, 0.15) is 5.69 Å². The number of hydrazine groups is 1. The number of halogens is 1. The number of hydrogen-bond donors (Lipinski definition) is 2. The molecule has 0 unspecified atom stereocenters. The maximum absolute atomic E-state index is 12.8. The van der Waals surface area contributed by atoms with E-state index in [-0.39, 0.29) is 10.5 Å². The van der Waals surface area contributed by atoms with Gasteiger partial charge in [0.05, 0.1) is 10.6 Å². The summed E-state index contributed by atoms with van der Waals surface area (Å²) in [5.74, 6) is -1.06. The van der Waals surface area contributed by atoms with E-state index in [1.807, 2.05) is 0 Å². The molecule has 2 aromatic carbocycles. The van der Waals surface area contributed by atoms with Crippen molar-refractivity contribution in [3.05, 3.63) is 83.2 Å². The summed E-state index contributed by atoms with van der Waals surface area (Å²) in [5, 5.41) is 6.69. The van der Waals surface area contributed by atoms with Crippen molar-refractivity contribution in [3.63, 3.8) is 0 Å². The third-order valence-corrected chi connectivity index (χ3v) is 5.64. The van der Waals surface area contributed by atoms with Crippen LogP contribution in [0.3, 0.4) is 0 Å². The second kappa shape index (κ2) is 7.45. The van der Waals surface area contributed by atoms with Gasteiger partial charge in [0.15, 0.2) is 0 Å². The quantitative estimate of drug-likeness (QED) is 0.476. The van der Waals surface area contributed by atoms with Crippen molar-refractivity contribution in [2.75, 3.05) is 5.01 Å². The smallest absolute Gasteiger partial charge is 0.282 e. The zero-order valence-electron chi connectivity index (χ0n) is 15.3. The molecule has 30 heavy (non-hydrogen) atoms. The summed E-state index contributed by atoms with van der Waals surface area (Å²) in [6.07, 6.45) is 3.19. The number of primary sulfonamides is 1. The van der Waals surface area contributed by atoms with Crippen LogP contribution in [0.25, 0.3) is 11.8 Å². The number of benzene rings is 2. The normalized spacial score (nSPS) is 15.7. The van der Waals surface area contributed by atoms with Crippen molar-refractivity contribution >= 4 is 45.2 Å². The summed E-state index contributed by atoms with van der Waals surface area (Å²) in [7, 11) is -3.80. The lowest BCUT2D eigenvalue weighted by atomic mass is 10.2. The van der Waals surface area contributed by atoms with Gasteiger partial charge in [-0.25, -0.2) is 18.6 Å². The van der Waals surface area contributed by atoms with Crippen LogP contribution < -0.4 is 15.6 Å². The molecule has 0 aliphatic carbocycles. The minimum absolute atomic E-state index is 0.0131. The van der Waals surface area contributed by atoms with Gasteiger partial charge >= 0.3 is 0 Å². The molecule has 1 aliphatic rings. The molecule has 1 fully saturated rings. The molecule has 1 aromatic heterocycles. The summed E-state index contributed by atoms with van der Waals surface area (Å²) in [6.45, 7) is 0. The lowest BCUT2D eigenvalue weighted by Gasteiger charge is -2.14. The van der Waals surface area contributed by atoms with Crippen LogP contribution in [0, 0.1) is 0 Å². The first-order valence-corrected chi connectivity index (χ1v) is 10.6. The number of carbonyl (C=O) groups is 2. The highest BCUT2D eigenvalue weighted by molar-refractivity contribution is 7.89. The van der Waals surface area contributed by atoms with Crippen molar-refractivity contribution in [3.8, 4) is 5.69 Å². The SMILES string of the molecule is NS(=O)(=O)c1ccc(-n2cccc2/C=C2/C(=O)NN(c3cccc(Cl)c3)C2=O)cc1. The molecule has 0 radical (unpaired) electrons. The summed E-state index contributed by atoms with van der Waals surface area (Å²) >= 11 is 5.97. The minimum atomic E-state index is -3.80. The largest absolute Gasteiger partial charge is 0.317 e. The maximum atomic E-state index is 12.8. The Morgan fingerprint density at radius 1 is 0.967 bits per heavy atom. The topological polar surface area (TPSA) is 114 Å². The third kappa shape index (κ3) is 3.73. The number of rotatable bonds is 4. The van der Waals surface area contributed by atoms with Gasteiger partial charge in [-0.2, -0.15) is 0 Å². The molecule has 2 heterocycles. The fourth-order valence-corrected chi connectivity index (χ4v) is 3.75. The van der Waals surface area contributed by atoms with Gasteiger partial charge < -0.3 is 4.57 Å². The molecule has 152 valence electrons. The van der Waals surface area contributed by atoms with Crippen LogP contribution in [-0.4, -0.2) is 24.8 Å². The number of anilines is 1. The Hall–Kier alpha value is -3.40. The Morgan fingerprint density at radius 2 is 1.70 bits per heavy atom. The zero-order chi connectivity index (χ0) is 21.5. The average molecular weight is 443 g/mol. The molecule has 8 nitrogen and oxygen atoms in total. The second-order valence-corrected chi connectivity index (χ2v) is 8.46. The van der Waals surface area contributed by atoms with Crippen LogP contribution in [0.2, 0.25) is 5.02 Å². The highest BCUT2D eigenvalue weighted by Gasteiger charge is 2.34. The fraction of sp³-hybridized carbons (Fsp3) is 0. The van der Waals surface area contributed by atoms with E-state index < -0.39 is 21.8 Å². The maximum Gasteiger partial charge on any atom is 0.282 e. The predicted octanol–water partition coefficient (Wildman–Crippen LogP) is 2.24. The molecule has 3 aromatic rings. The third-order valence-electron chi connectivity index (χ3n) is 4.47. The van der Waals surface area contributed by atoms with E-state index in [9.17, 15) is 18.0 Å². The Labute approximate surface area is 177 Å². The lowest BCUT2D eigenvalue weighted by Crippen LogP contribution is -2.35. The van der Waals surface area contributed by atoms with Crippen molar-refractivity contribution in [1.82, 2.24) is 9.99 Å². The number of sulfonamides is 1. The van der Waals surface area contributed by atoms with E-state index >= 15 is 0 Å². The van der Waals surface area contributed by atoms with Crippen LogP contribution in [-0.2, 0) is 19.6 Å². The molecule has 4 rings (SSSR count). The van der Waals surface area contributed by atoms with E-state index in [4.69, 9.17) is 16.7 Å². The molecule has 1 saturated heterocycles. The first kappa shape index (κ1) is 19.9. The van der Waals surface area contributed by atoms with Gasteiger partial charge in [-0.1, -0.05) is 17.7 Å². The number of nitrogens with zero attached hydrogens (tertiary/aromatic N) is 2. The first-order valence-electron chi connectivity index (χ1n) is 8.67. The highest BCUT2D eigenvalue weighted by Crippen LogP contribution is 2.25. The van der Waals surface area contributed by atoms with E-state index in [1.54, 1.807) is 59.3 Å². The Morgan fingerprint density at radius 3 is 2.37 bits per heavy atom. The van der Waals surface area contributed by atoms with Gasteiger partial charge in [0.25, 0.3) is 11.8 Å². The Bertz CT molecular complexity index is 1300. The number of hydrogen-bond acceptors (Lipinski definition) is 4. The summed E-state index contributed by atoms with van der Waals surface area (Å²) in [6, 6.07) is 16.0. The monoisotopic (exact) mass is 442 g/mol. The molecule has 10 heteroatoms. The van der Waals surface area contributed by atoms with Crippen LogP contribution >= 0.6 is 11.6 Å². The Kier molecular flexibility index (Phi) is 4.94. The van der Waals surface area contributed by atoms with Crippen molar-refractivity contribution in [1.29, 1.82) is 0 Å². The molecular weight excluding hydrogens is 428 g/mol. The van der Waals surface area contributed by atoms with Gasteiger partial charge in [0.1, 0.15) is 5.57 Å². The average Bonchev–Trinajstić information content (AvgIpc) is 3.27. The Balaban J connectivity index is 1.67. The van der Waals surface area contributed by atoms with E-state index in [2.05, 4.69) is 5.43 Å². The second-order valence-electron chi connectivity index (χ2n) is 6.46. The minimum Gasteiger partial charge on any atom is -0.317 e.